The fourth-order valence-electron chi connectivity index (χ4n) is 2.65. The minimum Gasteiger partial charge on any atom is -0.481 e. The Hall–Kier alpha value is -1.61. The van der Waals surface area contributed by atoms with E-state index in [1.54, 1.807) is 13.0 Å². The topological polar surface area (TPSA) is 57.5 Å². The second-order valence-electron chi connectivity index (χ2n) is 4.89. The quantitative estimate of drug-likeness (QED) is 0.806. The predicted molar refractivity (Wildman–Crippen MR) is 69.3 cm³/mol. The Morgan fingerprint density at radius 2 is 2.06 bits per heavy atom. The molecule has 96 valence electrons. The van der Waals surface area contributed by atoms with E-state index in [9.17, 15) is 15.0 Å². The molecule has 2 N–H and O–H groups in total. The lowest BCUT2D eigenvalue weighted by atomic mass is 9.69. The van der Waals surface area contributed by atoms with Crippen molar-refractivity contribution in [1.82, 2.24) is 0 Å². The first-order valence-corrected chi connectivity index (χ1v) is 6.23. The summed E-state index contributed by atoms with van der Waals surface area (Å²) >= 11 is 0. The van der Waals surface area contributed by atoms with Crippen LogP contribution in [-0.2, 0) is 4.79 Å². The number of hydrogen-bond donors (Lipinski definition) is 2. The first-order chi connectivity index (χ1) is 8.55. The molecule has 0 saturated heterocycles. The molecule has 1 aromatic rings. The van der Waals surface area contributed by atoms with Crippen molar-refractivity contribution < 1.29 is 15.0 Å². The molecule has 0 saturated carbocycles. The average Bonchev–Trinajstić information content (AvgIpc) is 2.39. The Morgan fingerprint density at radius 1 is 1.39 bits per heavy atom. The van der Waals surface area contributed by atoms with Gasteiger partial charge in [0.05, 0.1) is 5.92 Å². The van der Waals surface area contributed by atoms with Crippen LogP contribution in [0.15, 0.2) is 42.5 Å². The van der Waals surface area contributed by atoms with Gasteiger partial charge in [-0.05, 0) is 25.3 Å². The number of benzene rings is 1. The molecule has 1 aromatic carbocycles. The van der Waals surface area contributed by atoms with Crippen molar-refractivity contribution in [3.8, 4) is 0 Å². The van der Waals surface area contributed by atoms with Gasteiger partial charge in [-0.3, -0.25) is 4.79 Å². The van der Waals surface area contributed by atoms with Gasteiger partial charge in [-0.15, -0.1) is 0 Å². The smallest absolute Gasteiger partial charge is 0.309 e. The second kappa shape index (κ2) is 4.94. The maximum atomic E-state index is 11.2. The van der Waals surface area contributed by atoms with Crippen LogP contribution in [-0.4, -0.2) is 21.8 Å². The Kier molecular flexibility index (Phi) is 3.53. The maximum Gasteiger partial charge on any atom is 0.309 e. The van der Waals surface area contributed by atoms with Crippen molar-refractivity contribution >= 4 is 5.97 Å². The van der Waals surface area contributed by atoms with Crippen molar-refractivity contribution in [2.24, 2.45) is 5.92 Å². The Labute approximate surface area is 107 Å². The average molecular weight is 246 g/mol. The molecular weight excluding hydrogens is 228 g/mol. The van der Waals surface area contributed by atoms with E-state index >= 15 is 0 Å². The third-order valence-corrected chi connectivity index (χ3v) is 3.83. The number of carboxylic acids is 1. The van der Waals surface area contributed by atoms with Crippen LogP contribution < -0.4 is 0 Å². The minimum absolute atomic E-state index is 0.158. The van der Waals surface area contributed by atoms with Crippen LogP contribution in [0.3, 0.4) is 0 Å². The largest absolute Gasteiger partial charge is 0.481 e. The third-order valence-electron chi connectivity index (χ3n) is 3.83. The summed E-state index contributed by atoms with van der Waals surface area (Å²) in [6.45, 7) is 1.56. The lowest BCUT2D eigenvalue weighted by molar-refractivity contribution is -0.149. The molecule has 0 aromatic heterocycles. The highest BCUT2D eigenvalue weighted by Gasteiger charge is 2.44. The van der Waals surface area contributed by atoms with E-state index in [0.717, 1.165) is 18.4 Å². The molecule has 1 aliphatic rings. The summed E-state index contributed by atoms with van der Waals surface area (Å²) in [6.07, 6.45) is 5.18. The first kappa shape index (κ1) is 12.8. The third kappa shape index (κ3) is 2.18. The van der Waals surface area contributed by atoms with Crippen molar-refractivity contribution in [2.75, 3.05) is 0 Å². The maximum absolute atomic E-state index is 11.2. The zero-order chi connectivity index (χ0) is 13.2. The Morgan fingerprint density at radius 3 is 2.67 bits per heavy atom. The summed E-state index contributed by atoms with van der Waals surface area (Å²) in [4.78, 5) is 11.2. The van der Waals surface area contributed by atoms with Crippen LogP contribution in [0, 0.1) is 5.92 Å². The van der Waals surface area contributed by atoms with E-state index in [-0.39, 0.29) is 5.92 Å². The molecule has 3 nitrogen and oxygen atoms in total. The molecule has 0 radical (unpaired) electrons. The van der Waals surface area contributed by atoms with Crippen LogP contribution in [0.2, 0.25) is 0 Å². The van der Waals surface area contributed by atoms with Crippen molar-refractivity contribution in [1.29, 1.82) is 0 Å². The lowest BCUT2D eigenvalue weighted by Gasteiger charge is -2.39. The molecule has 18 heavy (non-hydrogen) atoms. The summed E-state index contributed by atoms with van der Waals surface area (Å²) < 4.78 is 0. The second-order valence-corrected chi connectivity index (χ2v) is 4.89. The van der Waals surface area contributed by atoms with E-state index in [2.05, 4.69) is 0 Å². The fraction of sp³-hybridized carbons (Fsp3) is 0.400. The molecule has 3 atom stereocenters. The van der Waals surface area contributed by atoms with Gasteiger partial charge >= 0.3 is 5.97 Å². The monoisotopic (exact) mass is 246 g/mol. The van der Waals surface area contributed by atoms with Gasteiger partial charge in [-0.1, -0.05) is 42.5 Å². The summed E-state index contributed by atoms with van der Waals surface area (Å²) in [5.41, 5.74) is -0.303. The zero-order valence-electron chi connectivity index (χ0n) is 10.4. The van der Waals surface area contributed by atoms with Crippen molar-refractivity contribution in [3.05, 3.63) is 48.0 Å². The number of carboxylic acid groups (broad SMARTS) is 1. The number of rotatable bonds is 3. The molecule has 3 unspecified atom stereocenters. The van der Waals surface area contributed by atoms with Crippen LogP contribution in [0.1, 0.15) is 31.2 Å². The van der Waals surface area contributed by atoms with Gasteiger partial charge in [0, 0.05) is 5.92 Å². The number of aliphatic carboxylic acids is 1. The summed E-state index contributed by atoms with van der Waals surface area (Å²) in [5.74, 6) is -1.95. The highest BCUT2D eigenvalue weighted by Crippen LogP contribution is 2.41. The molecule has 1 aliphatic carbocycles. The number of aliphatic hydroxyl groups is 1. The number of allylic oxidation sites excluding steroid dienone is 1. The predicted octanol–water partition coefficient (Wildman–Crippen LogP) is 2.57. The standard InChI is InChI=1S/C15H18O3/c1-11(14(16)17)15(18)10-6-5-9-13(15)12-7-3-2-4-8-12/h2-4,6-8,10-11,13,18H,5,9H2,1H3,(H,16,17). The van der Waals surface area contributed by atoms with Gasteiger partial charge in [-0.2, -0.15) is 0 Å². The zero-order valence-corrected chi connectivity index (χ0v) is 10.4. The fourth-order valence-corrected chi connectivity index (χ4v) is 2.65. The van der Waals surface area contributed by atoms with Crippen LogP contribution in [0.4, 0.5) is 0 Å². The highest BCUT2D eigenvalue weighted by atomic mass is 16.4. The van der Waals surface area contributed by atoms with Crippen LogP contribution >= 0.6 is 0 Å². The lowest BCUT2D eigenvalue weighted by Crippen LogP contribution is -2.45. The summed E-state index contributed by atoms with van der Waals surface area (Å²) in [7, 11) is 0. The number of hydrogen-bond acceptors (Lipinski definition) is 2. The molecule has 0 spiro atoms. The van der Waals surface area contributed by atoms with Crippen molar-refractivity contribution in [3.63, 3.8) is 0 Å². The summed E-state index contributed by atoms with van der Waals surface area (Å²) in [5, 5.41) is 19.9. The van der Waals surface area contributed by atoms with Crippen molar-refractivity contribution in [2.45, 2.75) is 31.3 Å². The van der Waals surface area contributed by atoms with E-state index in [1.807, 2.05) is 36.4 Å². The van der Waals surface area contributed by atoms with Crippen LogP contribution in [0.5, 0.6) is 0 Å². The van der Waals surface area contributed by atoms with E-state index < -0.39 is 17.5 Å². The molecule has 0 fully saturated rings. The normalized spacial score (nSPS) is 28.9. The van der Waals surface area contributed by atoms with Gasteiger partial charge in [0.25, 0.3) is 0 Å². The molecule has 0 aliphatic heterocycles. The van der Waals surface area contributed by atoms with Gasteiger partial charge in [0.1, 0.15) is 5.60 Å². The summed E-state index contributed by atoms with van der Waals surface area (Å²) in [6, 6.07) is 9.65. The molecule has 0 heterocycles. The van der Waals surface area contributed by atoms with E-state index in [0.29, 0.717) is 0 Å². The van der Waals surface area contributed by atoms with E-state index in [4.69, 9.17) is 0 Å². The molecule has 3 heteroatoms. The minimum atomic E-state index is -1.30. The van der Waals surface area contributed by atoms with E-state index in [1.165, 1.54) is 0 Å². The Bertz CT molecular complexity index is 452. The first-order valence-electron chi connectivity index (χ1n) is 6.23. The highest BCUT2D eigenvalue weighted by molar-refractivity contribution is 5.72. The SMILES string of the molecule is CC(C(=O)O)C1(O)C=CCCC1c1ccccc1. The Balaban J connectivity index is 2.40. The van der Waals surface area contributed by atoms with Gasteiger partial charge in [-0.25, -0.2) is 0 Å². The molecular formula is C15H18O3. The van der Waals surface area contributed by atoms with Gasteiger partial charge < -0.3 is 10.2 Å². The molecule has 2 rings (SSSR count). The van der Waals surface area contributed by atoms with Gasteiger partial charge in [0.2, 0.25) is 0 Å². The van der Waals surface area contributed by atoms with Gasteiger partial charge in [0.15, 0.2) is 0 Å². The molecule has 0 amide bonds. The van der Waals surface area contributed by atoms with Crippen LogP contribution in [0.25, 0.3) is 0 Å². The molecule has 0 bridgehead atoms. The number of carbonyl (C=O) groups is 1.